The van der Waals surface area contributed by atoms with Gasteiger partial charge in [-0.2, -0.15) is 0 Å². The Kier molecular flexibility index (Phi) is 5.91. The third kappa shape index (κ3) is 3.19. The molecule has 4 nitrogen and oxygen atoms in total. The van der Waals surface area contributed by atoms with Crippen LogP contribution in [0.1, 0.15) is 64.7 Å². The van der Waals surface area contributed by atoms with Crippen LogP contribution in [0.3, 0.4) is 0 Å². The maximum Gasteiger partial charge on any atom is 0.146 e. The molecule has 0 aromatic rings. The molecular weight excluding hydrogens is 340 g/mol. The van der Waals surface area contributed by atoms with E-state index < -0.39 is 0 Å². The van der Waals surface area contributed by atoms with Crippen molar-refractivity contribution in [2.45, 2.75) is 70.8 Å². The maximum absolute atomic E-state index is 9.94. The van der Waals surface area contributed by atoms with Crippen molar-refractivity contribution in [3.05, 3.63) is 0 Å². The van der Waals surface area contributed by atoms with Crippen molar-refractivity contribution in [3.8, 4) is 0 Å². The van der Waals surface area contributed by atoms with Gasteiger partial charge in [0, 0.05) is 20.8 Å². The third-order valence-corrected chi connectivity index (χ3v) is 9.57. The summed E-state index contributed by atoms with van der Waals surface area (Å²) in [5, 5.41) is 9.94. The van der Waals surface area contributed by atoms with E-state index >= 15 is 0 Å². The zero-order chi connectivity index (χ0) is 19.1. The van der Waals surface area contributed by atoms with Gasteiger partial charge in [-0.1, -0.05) is 6.92 Å². The molecule has 0 unspecified atom stereocenters. The minimum atomic E-state index is 0.350. The van der Waals surface area contributed by atoms with Crippen molar-refractivity contribution in [1.29, 1.82) is 0 Å². The molecule has 8 atom stereocenters. The molecule has 0 amide bonds. The first-order chi connectivity index (χ1) is 13.1. The van der Waals surface area contributed by atoms with Crippen LogP contribution < -0.4 is 0 Å². The van der Waals surface area contributed by atoms with Crippen molar-refractivity contribution < 1.29 is 19.3 Å². The molecule has 156 valence electrons. The van der Waals surface area contributed by atoms with Crippen LogP contribution in [-0.2, 0) is 14.2 Å². The van der Waals surface area contributed by atoms with Gasteiger partial charge in [-0.15, -0.1) is 0 Å². The van der Waals surface area contributed by atoms with Gasteiger partial charge in [0.05, 0.1) is 12.7 Å². The van der Waals surface area contributed by atoms with Gasteiger partial charge < -0.3 is 19.3 Å². The van der Waals surface area contributed by atoms with E-state index in [1.54, 1.807) is 7.11 Å². The smallest absolute Gasteiger partial charge is 0.146 e. The lowest BCUT2D eigenvalue weighted by Crippen LogP contribution is -2.57. The summed E-state index contributed by atoms with van der Waals surface area (Å²) in [6, 6.07) is 0. The SMILES string of the molecule is COCO[C@@H]1CC[C@@]2(COC)[C@@H](CC[C@H]3[C@@H]4CC[C@H](CO)[C@@]4(C)CC[C@@H]32)C1. The first kappa shape index (κ1) is 20.1. The summed E-state index contributed by atoms with van der Waals surface area (Å²) in [5.41, 5.74) is 0.721. The number of aliphatic hydroxyl groups is 1. The minimum absolute atomic E-state index is 0.350. The van der Waals surface area contributed by atoms with E-state index in [1.165, 1.54) is 51.4 Å². The molecule has 4 rings (SSSR count). The Hall–Kier alpha value is -0.160. The summed E-state index contributed by atoms with van der Waals surface area (Å²) in [7, 11) is 3.61. The van der Waals surface area contributed by atoms with Gasteiger partial charge in [0.15, 0.2) is 0 Å². The molecule has 0 radical (unpaired) electrons. The quantitative estimate of drug-likeness (QED) is 0.700. The summed E-state index contributed by atoms with van der Waals surface area (Å²) in [6.45, 7) is 4.22. The number of fused-ring (bicyclic) bond motifs is 5. The lowest BCUT2D eigenvalue weighted by Gasteiger charge is -2.62. The Bertz CT molecular complexity index is 511. The Balaban J connectivity index is 1.55. The number of hydrogen-bond acceptors (Lipinski definition) is 4. The van der Waals surface area contributed by atoms with Crippen molar-refractivity contribution in [3.63, 3.8) is 0 Å². The second-order valence-corrected chi connectivity index (χ2v) is 10.3. The van der Waals surface area contributed by atoms with Crippen LogP contribution in [0.15, 0.2) is 0 Å². The maximum atomic E-state index is 9.94. The number of methoxy groups -OCH3 is 2. The Morgan fingerprint density at radius 2 is 1.78 bits per heavy atom. The van der Waals surface area contributed by atoms with Crippen LogP contribution >= 0.6 is 0 Å². The van der Waals surface area contributed by atoms with Crippen LogP contribution in [-0.4, -0.2) is 45.4 Å². The van der Waals surface area contributed by atoms with E-state index in [4.69, 9.17) is 14.2 Å². The molecule has 0 aromatic carbocycles. The highest BCUT2D eigenvalue weighted by molar-refractivity contribution is 5.10. The first-order valence-electron chi connectivity index (χ1n) is 11.3. The summed E-state index contributed by atoms with van der Waals surface area (Å²) in [4.78, 5) is 0. The third-order valence-electron chi connectivity index (χ3n) is 9.57. The predicted molar refractivity (Wildman–Crippen MR) is 105 cm³/mol. The van der Waals surface area contributed by atoms with E-state index in [1.807, 2.05) is 7.11 Å². The van der Waals surface area contributed by atoms with Gasteiger partial charge in [-0.25, -0.2) is 0 Å². The molecule has 4 fully saturated rings. The summed E-state index contributed by atoms with van der Waals surface area (Å²) >= 11 is 0. The van der Waals surface area contributed by atoms with Crippen molar-refractivity contribution >= 4 is 0 Å². The van der Waals surface area contributed by atoms with E-state index in [9.17, 15) is 5.11 Å². The molecule has 0 aliphatic heterocycles. The zero-order valence-corrected chi connectivity index (χ0v) is 17.6. The molecule has 0 bridgehead atoms. The molecule has 0 heterocycles. The fraction of sp³-hybridized carbons (Fsp3) is 1.00. The number of ether oxygens (including phenoxy) is 3. The fourth-order valence-electron chi connectivity index (χ4n) is 8.28. The van der Waals surface area contributed by atoms with Crippen molar-refractivity contribution in [2.75, 3.05) is 34.2 Å². The highest BCUT2D eigenvalue weighted by atomic mass is 16.7. The molecule has 0 saturated heterocycles. The summed E-state index contributed by atoms with van der Waals surface area (Å²) < 4.78 is 17.0. The lowest BCUT2D eigenvalue weighted by atomic mass is 9.44. The molecule has 1 N–H and O–H groups in total. The van der Waals surface area contributed by atoms with Crippen LogP contribution in [0.5, 0.6) is 0 Å². The normalized spacial score (nSPS) is 49.3. The molecule has 4 saturated carbocycles. The Morgan fingerprint density at radius 1 is 0.926 bits per heavy atom. The van der Waals surface area contributed by atoms with Crippen LogP contribution in [0.2, 0.25) is 0 Å². The predicted octanol–water partition coefficient (Wildman–Crippen LogP) is 4.25. The topological polar surface area (TPSA) is 47.9 Å². The van der Waals surface area contributed by atoms with Crippen LogP contribution in [0, 0.1) is 40.4 Å². The van der Waals surface area contributed by atoms with Gasteiger partial charge in [-0.3, -0.25) is 0 Å². The largest absolute Gasteiger partial charge is 0.396 e. The Morgan fingerprint density at radius 3 is 2.52 bits per heavy atom. The number of rotatable bonds is 6. The fourth-order valence-corrected chi connectivity index (χ4v) is 8.28. The van der Waals surface area contributed by atoms with E-state index in [0.717, 1.165) is 36.7 Å². The average Bonchev–Trinajstić information content (AvgIpc) is 3.02. The van der Waals surface area contributed by atoms with E-state index in [0.29, 0.717) is 36.3 Å². The van der Waals surface area contributed by atoms with Gasteiger partial charge in [0.25, 0.3) is 0 Å². The van der Waals surface area contributed by atoms with Crippen LogP contribution in [0.25, 0.3) is 0 Å². The second kappa shape index (κ2) is 7.93. The van der Waals surface area contributed by atoms with E-state index in [2.05, 4.69) is 6.92 Å². The lowest BCUT2D eigenvalue weighted by molar-refractivity contribution is -0.176. The first-order valence-corrected chi connectivity index (χ1v) is 11.3. The van der Waals surface area contributed by atoms with Gasteiger partial charge in [0.1, 0.15) is 6.79 Å². The highest BCUT2D eigenvalue weighted by Crippen LogP contribution is 2.67. The number of hydrogen-bond donors (Lipinski definition) is 1. The van der Waals surface area contributed by atoms with Crippen LogP contribution in [0.4, 0.5) is 0 Å². The molecule has 4 aliphatic carbocycles. The molecule has 0 aromatic heterocycles. The second-order valence-electron chi connectivity index (χ2n) is 10.3. The van der Waals surface area contributed by atoms with E-state index in [-0.39, 0.29) is 0 Å². The van der Waals surface area contributed by atoms with Gasteiger partial charge in [0.2, 0.25) is 0 Å². The monoisotopic (exact) mass is 380 g/mol. The average molecular weight is 381 g/mol. The van der Waals surface area contributed by atoms with Gasteiger partial charge >= 0.3 is 0 Å². The summed E-state index contributed by atoms with van der Waals surface area (Å²) in [5.74, 6) is 3.70. The highest BCUT2D eigenvalue weighted by Gasteiger charge is 2.61. The Labute approximate surface area is 165 Å². The number of aliphatic hydroxyl groups excluding tert-OH is 1. The molecular formula is C23H40O4. The minimum Gasteiger partial charge on any atom is -0.396 e. The van der Waals surface area contributed by atoms with Crippen molar-refractivity contribution in [1.82, 2.24) is 0 Å². The summed E-state index contributed by atoms with van der Waals surface area (Å²) in [6.07, 6.45) is 11.8. The molecule has 4 heteroatoms. The van der Waals surface area contributed by atoms with Crippen molar-refractivity contribution in [2.24, 2.45) is 40.4 Å². The molecule has 4 aliphatic rings. The molecule has 27 heavy (non-hydrogen) atoms. The molecule has 0 spiro atoms. The standard InChI is InChI=1S/C23H40O4/c1-22-10-9-21-19(20(22)7-5-17(22)13-24)6-4-16-12-18(27-15-26-3)8-11-23(16,21)14-25-2/h16-21,24H,4-15H2,1-3H3/t16-,17+,18+,19-,20-,21-,22+,23+/m0/s1. The zero-order valence-electron chi connectivity index (χ0n) is 17.6. The van der Waals surface area contributed by atoms with Gasteiger partial charge in [-0.05, 0) is 98.2 Å².